The van der Waals surface area contributed by atoms with Gasteiger partial charge >= 0.3 is 0 Å². The Bertz CT molecular complexity index is 1100. The lowest BCUT2D eigenvalue weighted by molar-refractivity contribution is 0.0938. The lowest BCUT2D eigenvalue weighted by atomic mass is 10.2. The Labute approximate surface area is 188 Å². The van der Waals surface area contributed by atoms with Crippen LogP contribution in [0.25, 0.3) is 10.1 Å². The molecule has 9 heteroatoms. The average molecular weight is 462 g/mol. The number of hydrogen-bond acceptors (Lipinski definition) is 5. The molecule has 0 fully saturated rings. The molecule has 0 unspecified atom stereocenters. The second kappa shape index (κ2) is 9.88. The van der Waals surface area contributed by atoms with E-state index in [1.165, 1.54) is 11.3 Å². The summed E-state index contributed by atoms with van der Waals surface area (Å²) in [6, 6.07) is 14.3. The van der Waals surface area contributed by atoms with Gasteiger partial charge in [0, 0.05) is 15.6 Å². The van der Waals surface area contributed by atoms with E-state index in [0.29, 0.717) is 33.7 Å². The summed E-state index contributed by atoms with van der Waals surface area (Å²) < 4.78 is 6.54. The largest absolute Gasteiger partial charge is 0.493 e. The third kappa shape index (κ3) is 5.47. The van der Waals surface area contributed by atoms with Crippen LogP contribution >= 0.6 is 35.2 Å². The molecule has 2 aromatic carbocycles. The van der Waals surface area contributed by atoms with Crippen LogP contribution in [-0.4, -0.2) is 23.5 Å². The first-order chi connectivity index (χ1) is 14.3. The van der Waals surface area contributed by atoms with Crippen molar-refractivity contribution in [2.24, 2.45) is 5.92 Å². The first kappa shape index (κ1) is 22.0. The van der Waals surface area contributed by atoms with Crippen molar-refractivity contribution in [2.75, 3.05) is 6.61 Å². The number of thiocarbonyl (C=S) groups is 1. The summed E-state index contributed by atoms with van der Waals surface area (Å²) in [7, 11) is 0. The Balaban J connectivity index is 1.56. The van der Waals surface area contributed by atoms with Gasteiger partial charge in [-0.1, -0.05) is 49.7 Å². The molecule has 30 heavy (non-hydrogen) atoms. The highest BCUT2D eigenvalue weighted by molar-refractivity contribution is 7.80. The van der Waals surface area contributed by atoms with Crippen LogP contribution in [0.2, 0.25) is 5.02 Å². The van der Waals surface area contributed by atoms with Crippen molar-refractivity contribution in [3.05, 3.63) is 64.0 Å². The van der Waals surface area contributed by atoms with Crippen molar-refractivity contribution in [3.63, 3.8) is 0 Å². The van der Waals surface area contributed by atoms with Crippen molar-refractivity contribution in [3.8, 4) is 5.75 Å². The molecule has 2 amide bonds. The number of benzene rings is 2. The van der Waals surface area contributed by atoms with E-state index in [2.05, 4.69) is 16.2 Å². The van der Waals surface area contributed by atoms with E-state index in [1.54, 1.807) is 24.3 Å². The first-order valence-corrected chi connectivity index (χ1v) is 10.8. The minimum Gasteiger partial charge on any atom is -0.493 e. The number of rotatable bonds is 5. The molecule has 1 heterocycles. The van der Waals surface area contributed by atoms with Gasteiger partial charge in [0.1, 0.15) is 10.6 Å². The fraction of sp³-hybridized carbons (Fsp3) is 0.190. The maximum atomic E-state index is 12.4. The van der Waals surface area contributed by atoms with Crippen molar-refractivity contribution in [1.82, 2.24) is 16.2 Å². The molecule has 3 rings (SSSR count). The Morgan fingerprint density at radius 3 is 2.60 bits per heavy atom. The fourth-order valence-electron chi connectivity index (χ4n) is 2.53. The number of hydrogen-bond donors (Lipinski definition) is 3. The molecule has 0 radical (unpaired) electrons. The molecule has 1 aromatic heterocycles. The van der Waals surface area contributed by atoms with Crippen molar-refractivity contribution in [2.45, 2.75) is 13.8 Å². The van der Waals surface area contributed by atoms with Crippen molar-refractivity contribution in [1.29, 1.82) is 0 Å². The smallest absolute Gasteiger partial charge is 0.281 e. The van der Waals surface area contributed by atoms with Gasteiger partial charge in [-0.25, -0.2) is 0 Å². The molecule has 0 spiro atoms. The molecule has 0 atom stereocenters. The number of ether oxygens (including phenoxy) is 1. The summed E-state index contributed by atoms with van der Waals surface area (Å²) >= 11 is 12.7. The second-order valence-electron chi connectivity index (χ2n) is 6.84. The second-order valence-corrected chi connectivity index (χ2v) is 8.67. The Morgan fingerprint density at radius 1 is 1.10 bits per heavy atom. The summed E-state index contributed by atoms with van der Waals surface area (Å²) in [6.07, 6.45) is 0. The lowest BCUT2D eigenvalue weighted by Gasteiger charge is -2.12. The third-order valence-electron chi connectivity index (χ3n) is 3.94. The van der Waals surface area contributed by atoms with Gasteiger partial charge in [-0.15, -0.1) is 11.3 Å². The fourth-order valence-corrected chi connectivity index (χ4v) is 4.08. The van der Waals surface area contributed by atoms with Crippen molar-refractivity contribution >= 4 is 62.2 Å². The highest BCUT2D eigenvalue weighted by atomic mass is 35.5. The molecule has 0 aliphatic carbocycles. The third-order valence-corrected chi connectivity index (χ3v) is 5.82. The van der Waals surface area contributed by atoms with Gasteiger partial charge in [-0.2, -0.15) is 0 Å². The SMILES string of the molecule is CC(C)COc1cccc(C(=O)NC(=S)NNC(=O)c2sc3ccccc3c2Cl)c1. The number of thiophene rings is 1. The van der Waals surface area contributed by atoms with Gasteiger partial charge in [0.2, 0.25) is 0 Å². The number of halogens is 1. The quantitative estimate of drug-likeness (QED) is 0.384. The molecule has 156 valence electrons. The average Bonchev–Trinajstić information content (AvgIpc) is 3.07. The standard InChI is InChI=1S/C21H20ClN3O3S2/c1-12(2)11-28-14-7-5-6-13(10-14)19(26)23-21(29)25-24-20(27)18-17(22)15-8-3-4-9-16(15)30-18/h3-10,12H,11H2,1-2H3,(H,24,27)(H2,23,25,26,29). The number of nitrogens with one attached hydrogen (secondary N) is 3. The van der Waals surface area contributed by atoms with Crippen LogP contribution in [0.3, 0.4) is 0 Å². The van der Waals surface area contributed by atoms with E-state index in [1.807, 2.05) is 38.1 Å². The summed E-state index contributed by atoms with van der Waals surface area (Å²) in [5.74, 6) is 0.110. The number of carbonyl (C=O) groups is 2. The molecular formula is C21H20ClN3O3S2. The van der Waals surface area contributed by atoms with Gasteiger partial charge in [0.25, 0.3) is 11.8 Å². The van der Waals surface area contributed by atoms with E-state index in [-0.39, 0.29) is 5.11 Å². The Hall–Kier alpha value is -2.68. The van der Waals surface area contributed by atoms with Crippen LogP contribution < -0.4 is 20.9 Å². The molecule has 6 nitrogen and oxygen atoms in total. The van der Waals surface area contributed by atoms with E-state index in [9.17, 15) is 9.59 Å². The van der Waals surface area contributed by atoms with E-state index in [0.717, 1.165) is 10.1 Å². The first-order valence-electron chi connectivity index (χ1n) is 9.16. The predicted octanol–water partition coefficient (Wildman–Crippen LogP) is 4.54. The maximum absolute atomic E-state index is 12.4. The topological polar surface area (TPSA) is 79.5 Å². The maximum Gasteiger partial charge on any atom is 0.281 e. The summed E-state index contributed by atoms with van der Waals surface area (Å²) in [5.41, 5.74) is 5.37. The van der Waals surface area contributed by atoms with Crippen LogP contribution in [0.1, 0.15) is 33.9 Å². The number of fused-ring (bicyclic) bond motifs is 1. The van der Waals surface area contributed by atoms with E-state index >= 15 is 0 Å². The molecule has 0 bridgehead atoms. The number of carbonyl (C=O) groups excluding carboxylic acids is 2. The van der Waals surface area contributed by atoms with Crippen LogP contribution in [0.15, 0.2) is 48.5 Å². The molecule has 0 aliphatic rings. The number of hydrazine groups is 1. The van der Waals surface area contributed by atoms with Crippen LogP contribution in [0, 0.1) is 5.92 Å². The van der Waals surface area contributed by atoms with Gasteiger partial charge in [0.15, 0.2) is 5.11 Å². The van der Waals surface area contributed by atoms with Crippen LogP contribution in [0.4, 0.5) is 0 Å². The Morgan fingerprint density at radius 2 is 1.87 bits per heavy atom. The van der Waals surface area contributed by atoms with Gasteiger partial charge in [-0.05, 0) is 42.4 Å². The molecule has 3 aromatic rings. The predicted molar refractivity (Wildman–Crippen MR) is 124 cm³/mol. The molecule has 0 aliphatic heterocycles. The zero-order valence-electron chi connectivity index (χ0n) is 16.3. The Kier molecular flexibility index (Phi) is 7.25. The van der Waals surface area contributed by atoms with E-state index < -0.39 is 11.8 Å². The van der Waals surface area contributed by atoms with E-state index in [4.69, 9.17) is 28.6 Å². The normalized spacial score (nSPS) is 10.7. The van der Waals surface area contributed by atoms with Crippen molar-refractivity contribution < 1.29 is 14.3 Å². The highest BCUT2D eigenvalue weighted by Crippen LogP contribution is 2.34. The van der Waals surface area contributed by atoms with Gasteiger partial charge in [-0.3, -0.25) is 25.8 Å². The minimum absolute atomic E-state index is 0.0425. The molecular weight excluding hydrogens is 442 g/mol. The van der Waals surface area contributed by atoms with Gasteiger partial charge in [0.05, 0.1) is 11.6 Å². The molecule has 3 N–H and O–H groups in total. The summed E-state index contributed by atoms with van der Waals surface area (Å²) in [4.78, 5) is 25.2. The zero-order chi connectivity index (χ0) is 21.7. The minimum atomic E-state index is -0.443. The molecule has 0 saturated heterocycles. The summed E-state index contributed by atoms with van der Waals surface area (Å²) in [6.45, 7) is 4.64. The van der Waals surface area contributed by atoms with Crippen LogP contribution in [0.5, 0.6) is 5.75 Å². The van der Waals surface area contributed by atoms with Crippen LogP contribution in [-0.2, 0) is 0 Å². The van der Waals surface area contributed by atoms with Gasteiger partial charge < -0.3 is 4.74 Å². The zero-order valence-corrected chi connectivity index (χ0v) is 18.7. The lowest BCUT2D eigenvalue weighted by Crippen LogP contribution is -2.48. The molecule has 0 saturated carbocycles. The highest BCUT2D eigenvalue weighted by Gasteiger charge is 2.17. The number of amides is 2. The monoisotopic (exact) mass is 461 g/mol. The summed E-state index contributed by atoms with van der Waals surface area (Å²) in [5, 5.41) is 3.66.